The Kier molecular flexibility index (Phi) is 4.58. The molecule has 3 aromatic rings. The highest BCUT2D eigenvalue weighted by Crippen LogP contribution is 2.26. The fourth-order valence-corrected chi connectivity index (χ4v) is 2.37. The molecule has 0 radical (unpaired) electrons. The normalized spacial score (nSPS) is 10.5. The number of pyridine rings is 1. The van der Waals surface area contributed by atoms with Crippen molar-refractivity contribution < 1.29 is 13.9 Å². The molecule has 0 saturated heterocycles. The van der Waals surface area contributed by atoms with Gasteiger partial charge in [-0.25, -0.2) is 4.39 Å². The SMILES string of the molecule is Cc1cc(C(=O)Cl)cc(-c2ccc(Oc3ccc(F)cc3)cc2)n1. The molecule has 0 saturated carbocycles. The highest BCUT2D eigenvalue weighted by Gasteiger charge is 2.08. The Hall–Kier alpha value is -2.72. The van der Waals surface area contributed by atoms with E-state index in [-0.39, 0.29) is 5.82 Å². The lowest BCUT2D eigenvalue weighted by Crippen LogP contribution is -1.95. The van der Waals surface area contributed by atoms with Gasteiger partial charge >= 0.3 is 0 Å². The van der Waals surface area contributed by atoms with Crippen molar-refractivity contribution in [1.82, 2.24) is 4.98 Å². The van der Waals surface area contributed by atoms with Crippen LogP contribution in [-0.4, -0.2) is 10.2 Å². The number of carbonyl (C=O) groups excluding carboxylic acids is 1. The summed E-state index contributed by atoms with van der Waals surface area (Å²) < 4.78 is 18.5. The molecule has 1 aromatic heterocycles. The summed E-state index contributed by atoms with van der Waals surface area (Å²) in [4.78, 5) is 15.8. The zero-order chi connectivity index (χ0) is 17.1. The second-order valence-corrected chi connectivity index (χ2v) is 5.58. The van der Waals surface area contributed by atoms with E-state index in [1.54, 1.807) is 43.3 Å². The summed E-state index contributed by atoms with van der Waals surface area (Å²) in [7, 11) is 0. The molecule has 2 aromatic carbocycles. The van der Waals surface area contributed by atoms with E-state index in [0.717, 1.165) is 5.56 Å². The van der Waals surface area contributed by atoms with Crippen LogP contribution < -0.4 is 4.74 Å². The van der Waals surface area contributed by atoms with Gasteiger partial charge in [0.15, 0.2) is 0 Å². The lowest BCUT2D eigenvalue weighted by atomic mass is 10.1. The van der Waals surface area contributed by atoms with E-state index in [4.69, 9.17) is 16.3 Å². The van der Waals surface area contributed by atoms with Crippen LogP contribution in [0.3, 0.4) is 0 Å². The number of ether oxygens (including phenoxy) is 1. The number of aryl methyl sites for hydroxylation is 1. The van der Waals surface area contributed by atoms with Crippen molar-refractivity contribution in [3.8, 4) is 22.8 Å². The number of hydrogen-bond donors (Lipinski definition) is 0. The maximum absolute atomic E-state index is 12.9. The van der Waals surface area contributed by atoms with Gasteiger partial charge in [-0.1, -0.05) is 0 Å². The van der Waals surface area contributed by atoms with Crippen LogP contribution in [0.1, 0.15) is 16.1 Å². The van der Waals surface area contributed by atoms with E-state index in [2.05, 4.69) is 4.98 Å². The maximum atomic E-state index is 12.9. The third kappa shape index (κ3) is 3.78. The second kappa shape index (κ2) is 6.81. The number of rotatable bonds is 4. The zero-order valence-corrected chi connectivity index (χ0v) is 13.5. The third-order valence-corrected chi connectivity index (χ3v) is 3.60. The average molecular weight is 342 g/mol. The van der Waals surface area contributed by atoms with E-state index in [0.29, 0.717) is 28.5 Å². The van der Waals surface area contributed by atoms with Gasteiger partial charge in [-0.05, 0) is 79.2 Å². The molecular weight excluding hydrogens is 329 g/mol. The second-order valence-electron chi connectivity index (χ2n) is 5.24. The Bertz CT molecular complexity index is 877. The van der Waals surface area contributed by atoms with Crippen molar-refractivity contribution in [2.75, 3.05) is 0 Å². The molecule has 0 bridgehead atoms. The number of aromatic nitrogens is 1. The Labute approximate surface area is 143 Å². The lowest BCUT2D eigenvalue weighted by molar-refractivity contribution is 0.108. The summed E-state index contributed by atoms with van der Waals surface area (Å²) in [6.45, 7) is 1.80. The van der Waals surface area contributed by atoms with Gasteiger partial charge in [0, 0.05) is 16.8 Å². The summed E-state index contributed by atoms with van der Waals surface area (Å²) in [5.74, 6) is 0.854. The molecule has 1 heterocycles. The molecule has 0 aliphatic carbocycles. The monoisotopic (exact) mass is 341 g/mol. The smallest absolute Gasteiger partial charge is 0.252 e. The highest BCUT2D eigenvalue weighted by atomic mass is 35.5. The quantitative estimate of drug-likeness (QED) is 0.599. The van der Waals surface area contributed by atoms with Crippen LogP contribution >= 0.6 is 11.6 Å². The van der Waals surface area contributed by atoms with E-state index < -0.39 is 5.24 Å². The Morgan fingerprint density at radius 1 is 1.00 bits per heavy atom. The first-order valence-electron chi connectivity index (χ1n) is 7.23. The number of halogens is 2. The van der Waals surface area contributed by atoms with Gasteiger partial charge in [0.1, 0.15) is 17.3 Å². The molecule has 3 rings (SSSR count). The predicted octanol–water partition coefficient (Wildman–Crippen LogP) is 5.37. The first kappa shape index (κ1) is 16.1. The largest absolute Gasteiger partial charge is 0.457 e. The van der Waals surface area contributed by atoms with E-state index >= 15 is 0 Å². The molecular formula is C19H13ClFNO2. The number of carbonyl (C=O) groups is 1. The van der Waals surface area contributed by atoms with Crippen LogP contribution in [0.5, 0.6) is 11.5 Å². The molecule has 0 fully saturated rings. The molecule has 5 heteroatoms. The molecule has 0 spiro atoms. The van der Waals surface area contributed by atoms with Crippen molar-refractivity contribution in [2.24, 2.45) is 0 Å². The lowest BCUT2D eigenvalue weighted by Gasteiger charge is -2.08. The number of benzene rings is 2. The molecule has 3 nitrogen and oxygen atoms in total. The minimum absolute atomic E-state index is 0.312. The molecule has 120 valence electrons. The molecule has 0 aliphatic heterocycles. The van der Waals surface area contributed by atoms with Crippen LogP contribution in [0.15, 0.2) is 60.7 Å². The first-order valence-corrected chi connectivity index (χ1v) is 7.61. The van der Waals surface area contributed by atoms with Gasteiger partial charge in [-0.3, -0.25) is 9.78 Å². The van der Waals surface area contributed by atoms with Crippen molar-refractivity contribution in [1.29, 1.82) is 0 Å². The van der Waals surface area contributed by atoms with E-state index in [1.165, 1.54) is 12.1 Å². The Morgan fingerprint density at radius 2 is 1.58 bits per heavy atom. The van der Waals surface area contributed by atoms with Crippen molar-refractivity contribution in [3.63, 3.8) is 0 Å². The summed E-state index contributed by atoms with van der Waals surface area (Å²) in [6.07, 6.45) is 0. The summed E-state index contributed by atoms with van der Waals surface area (Å²) in [5, 5.41) is -0.516. The van der Waals surface area contributed by atoms with Crippen molar-refractivity contribution in [3.05, 3.63) is 77.7 Å². The average Bonchev–Trinajstić information content (AvgIpc) is 2.57. The van der Waals surface area contributed by atoms with Gasteiger partial charge in [0.05, 0.1) is 5.69 Å². The van der Waals surface area contributed by atoms with Crippen LogP contribution in [0.2, 0.25) is 0 Å². The number of nitrogens with zero attached hydrogens (tertiary/aromatic N) is 1. The topological polar surface area (TPSA) is 39.2 Å². The molecule has 0 N–H and O–H groups in total. The highest BCUT2D eigenvalue weighted by molar-refractivity contribution is 6.67. The summed E-state index contributed by atoms with van der Waals surface area (Å²) >= 11 is 5.55. The van der Waals surface area contributed by atoms with E-state index in [1.807, 2.05) is 12.1 Å². The van der Waals surface area contributed by atoms with Crippen LogP contribution in [0.4, 0.5) is 4.39 Å². The summed E-state index contributed by atoms with van der Waals surface area (Å²) in [5.41, 5.74) is 2.62. The zero-order valence-electron chi connectivity index (χ0n) is 12.8. The molecule has 24 heavy (non-hydrogen) atoms. The molecule has 0 amide bonds. The summed E-state index contributed by atoms with van der Waals surface area (Å²) in [6, 6.07) is 16.3. The van der Waals surface area contributed by atoms with E-state index in [9.17, 15) is 9.18 Å². The van der Waals surface area contributed by atoms with Gasteiger partial charge in [-0.2, -0.15) is 0 Å². The maximum Gasteiger partial charge on any atom is 0.252 e. The van der Waals surface area contributed by atoms with Crippen LogP contribution in [-0.2, 0) is 0 Å². The minimum atomic E-state index is -0.516. The van der Waals surface area contributed by atoms with Gasteiger partial charge < -0.3 is 4.74 Å². The fraction of sp³-hybridized carbons (Fsp3) is 0.0526. The van der Waals surface area contributed by atoms with Crippen LogP contribution in [0, 0.1) is 12.7 Å². The standard InChI is InChI=1S/C19H13ClFNO2/c1-12-10-14(19(20)23)11-18(22-12)13-2-6-16(7-3-13)24-17-8-4-15(21)5-9-17/h2-11H,1H3. The van der Waals surface area contributed by atoms with Crippen molar-refractivity contribution >= 4 is 16.8 Å². The predicted molar refractivity (Wildman–Crippen MR) is 91.1 cm³/mol. The Balaban J connectivity index is 1.84. The first-order chi connectivity index (χ1) is 11.5. The Morgan fingerprint density at radius 3 is 2.17 bits per heavy atom. The van der Waals surface area contributed by atoms with Crippen LogP contribution in [0.25, 0.3) is 11.3 Å². The fourth-order valence-electron chi connectivity index (χ4n) is 2.26. The van der Waals surface area contributed by atoms with Crippen molar-refractivity contribution in [2.45, 2.75) is 6.92 Å². The van der Waals surface area contributed by atoms with Gasteiger partial charge in [0.25, 0.3) is 5.24 Å². The van der Waals surface area contributed by atoms with Gasteiger partial charge in [-0.15, -0.1) is 0 Å². The minimum Gasteiger partial charge on any atom is -0.457 e. The number of hydrogen-bond acceptors (Lipinski definition) is 3. The van der Waals surface area contributed by atoms with Gasteiger partial charge in [0.2, 0.25) is 0 Å². The molecule has 0 unspecified atom stereocenters. The third-order valence-electron chi connectivity index (χ3n) is 3.38. The molecule has 0 aliphatic rings. The molecule has 0 atom stereocenters.